The number of pyridine rings is 1. The van der Waals surface area contributed by atoms with Crippen LogP contribution in [-0.2, 0) is 32.5 Å². The summed E-state index contributed by atoms with van der Waals surface area (Å²) in [7, 11) is -2.69. The number of hydrogen-bond acceptors (Lipinski definition) is 6. The number of fused-ring (bicyclic) bond motifs is 2. The van der Waals surface area contributed by atoms with Crippen molar-refractivity contribution in [1.29, 1.82) is 0 Å². The zero-order chi connectivity index (χ0) is 20.8. The van der Waals surface area contributed by atoms with Gasteiger partial charge in [-0.1, -0.05) is 24.3 Å². The highest BCUT2D eigenvalue weighted by Crippen LogP contribution is 2.26. The van der Waals surface area contributed by atoms with Gasteiger partial charge in [-0.2, -0.15) is 8.99 Å². The number of carbonyl (C=O) groups excluding carboxylic acids is 1. The molecule has 1 aromatic carbocycles. The Hall–Kier alpha value is -2.98. The van der Waals surface area contributed by atoms with E-state index in [0.717, 1.165) is 20.2 Å². The van der Waals surface area contributed by atoms with Crippen LogP contribution in [-0.4, -0.2) is 46.5 Å². The zero-order valence-corrected chi connectivity index (χ0v) is 16.8. The van der Waals surface area contributed by atoms with E-state index in [0.29, 0.717) is 13.0 Å². The Morgan fingerprint density at radius 2 is 1.90 bits per heavy atom. The summed E-state index contributed by atoms with van der Waals surface area (Å²) in [6.45, 7) is 2.06. The maximum absolute atomic E-state index is 13.4. The van der Waals surface area contributed by atoms with Crippen LogP contribution < -0.4 is 5.69 Å². The average molecular weight is 416 g/mol. The number of benzene rings is 1. The third-order valence-electron chi connectivity index (χ3n) is 5.16. The second-order valence-electron chi connectivity index (χ2n) is 6.85. The van der Waals surface area contributed by atoms with E-state index in [1.807, 2.05) is 24.3 Å². The van der Waals surface area contributed by atoms with Crippen LogP contribution in [0.4, 0.5) is 0 Å². The molecule has 9 nitrogen and oxygen atoms in total. The average Bonchev–Trinajstić information content (AvgIpc) is 3.08. The van der Waals surface area contributed by atoms with Crippen molar-refractivity contribution in [1.82, 2.24) is 18.5 Å². The van der Waals surface area contributed by atoms with Gasteiger partial charge in [-0.3, -0.25) is 0 Å². The number of rotatable bonds is 4. The second-order valence-corrected chi connectivity index (χ2v) is 8.76. The molecule has 0 fully saturated rings. The van der Waals surface area contributed by atoms with Crippen LogP contribution in [0.15, 0.2) is 52.3 Å². The summed E-state index contributed by atoms with van der Waals surface area (Å²) < 4.78 is 34.8. The summed E-state index contributed by atoms with van der Waals surface area (Å²) in [5, 5.41) is 4.15. The van der Waals surface area contributed by atoms with E-state index in [2.05, 4.69) is 9.84 Å². The highest BCUT2D eigenvalue weighted by atomic mass is 32.2. The second kappa shape index (κ2) is 7.12. The molecular weight excluding hydrogens is 396 g/mol. The first-order valence-electron chi connectivity index (χ1n) is 9.09. The molecule has 4 rings (SSSR count). The molecule has 0 radical (unpaired) electrons. The molecular formula is C19H20N4O5S. The summed E-state index contributed by atoms with van der Waals surface area (Å²) in [5.74, 6) is -0.646. The Morgan fingerprint density at radius 3 is 2.62 bits per heavy atom. The number of sulfonamides is 1. The van der Waals surface area contributed by atoms with Gasteiger partial charge < -0.3 is 4.74 Å². The summed E-state index contributed by atoms with van der Waals surface area (Å²) in [5.41, 5.74) is 1.45. The van der Waals surface area contributed by atoms with E-state index in [9.17, 15) is 18.0 Å². The van der Waals surface area contributed by atoms with Gasteiger partial charge in [0.15, 0.2) is 11.7 Å². The molecule has 1 aliphatic rings. The fourth-order valence-electron chi connectivity index (χ4n) is 3.53. The third-order valence-corrected chi connectivity index (χ3v) is 7.02. The molecule has 0 spiro atoms. The van der Waals surface area contributed by atoms with Crippen molar-refractivity contribution in [3.63, 3.8) is 0 Å². The predicted octanol–water partition coefficient (Wildman–Crippen LogP) is 0.977. The van der Waals surface area contributed by atoms with E-state index in [4.69, 9.17) is 0 Å². The Kier molecular flexibility index (Phi) is 4.75. The Labute approximate surface area is 167 Å². The maximum atomic E-state index is 13.4. The topological polar surface area (TPSA) is 103 Å². The van der Waals surface area contributed by atoms with Gasteiger partial charge in [-0.05, 0) is 36.6 Å². The maximum Gasteiger partial charge on any atom is 0.351 e. The lowest BCUT2D eigenvalue weighted by Crippen LogP contribution is -2.36. The van der Waals surface area contributed by atoms with Crippen LogP contribution in [0, 0.1) is 0 Å². The van der Waals surface area contributed by atoms with Gasteiger partial charge in [0.25, 0.3) is 0 Å². The Morgan fingerprint density at radius 1 is 1.17 bits per heavy atom. The molecule has 0 saturated heterocycles. The fraction of sp³-hybridized carbons (Fsp3) is 0.316. The summed E-state index contributed by atoms with van der Waals surface area (Å²) in [6, 6.07) is 9.64. The molecule has 1 atom stereocenters. The fourth-order valence-corrected chi connectivity index (χ4v) is 5.06. The van der Waals surface area contributed by atoms with Crippen LogP contribution >= 0.6 is 0 Å². The molecule has 10 heteroatoms. The number of nitrogens with zero attached hydrogens (tertiary/aromatic N) is 4. The number of carbonyl (C=O) groups is 1. The lowest BCUT2D eigenvalue weighted by Gasteiger charge is -2.28. The zero-order valence-electron chi connectivity index (χ0n) is 16.0. The largest absolute Gasteiger partial charge is 0.467 e. The van der Waals surface area contributed by atoms with Crippen LogP contribution in [0.3, 0.4) is 0 Å². The lowest BCUT2D eigenvalue weighted by atomic mass is 10.0. The molecule has 3 heterocycles. The third kappa shape index (κ3) is 3.14. The monoisotopic (exact) mass is 416 g/mol. The molecule has 0 bridgehead atoms. The number of ether oxygens (including phenoxy) is 1. The van der Waals surface area contributed by atoms with E-state index >= 15 is 0 Å². The Bertz CT molecular complexity index is 1260. The van der Waals surface area contributed by atoms with Gasteiger partial charge in [0.2, 0.25) is 10.0 Å². The lowest BCUT2D eigenvalue weighted by molar-refractivity contribution is -0.144. The van der Waals surface area contributed by atoms with Crippen molar-refractivity contribution in [2.45, 2.75) is 30.8 Å². The number of methoxy groups -OCH3 is 1. The molecule has 0 aliphatic carbocycles. The van der Waals surface area contributed by atoms with Crippen LogP contribution in [0.2, 0.25) is 0 Å². The highest BCUT2D eigenvalue weighted by molar-refractivity contribution is 7.89. The quantitative estimate of drug-likeness (QED) is 0.588. The normalized spacial score (nSPS) is 15.8. The van der Waals surface area contributed by atoms with Gasteiger partial charge in [-0.25, -0.2) is 22.4 Å². The van der Waals surface area contributed by atoms with Crippen molar-refractivity contribution >= 4 is 21.6 Å². The first kappa shape index (κ1) is 19.3. The number of hydrogen-bond donors (Lipinski definition) is 0. The SMILES string of the molecule is COC(=O)[C@@H](C)n1nc2c(S(=O)(=O)N3CCc4ccccc4C3)cccn2c1=O. The molecule has 2 aromatic heterocycles. The molecule has 3 aromatic rings. The summed E-state index contributed by atoms with van der Waals surface area (Å²) >= 11 is 0. The van der Waals surface area contributed by atoms with Crippen LogP contribution in [0.25, 0.3) is 5.65 Å². The molecule has 0 saturated carbocycles. The highest BCUT2D eigenvalue weighted by Gasteiger charge is 2.32. The van der Waals surface area contributed by atoms with Crippen molar-refractivity contribution in [2.75, 3.05) is 13.7 Å². The van der Waals surface area contributed by atoms with E-state index < -0.39 is 27.7 Å². The molecule has 0 unspecified atom stereocenters. The number of esters is 1. The van der Waals surface area contributed by atoms with Crippen molar-refractivity contribution in [2.24, 2.45) is 0 Å². The molecule has 152 valence electrons. The van der Waals surface area contributed by atoms with E-state index in [-0.39, 0.29) is 17.1 Å². The van der Waals surface area contributed by atoms with Gasteiger partial charge in [-0.15, -0.1) is 5.10 Å². The van der Waals surface area contributed by atoms with Crippen molar-refractivity contribution < 1.29 is 17.9 Å². The molecule has 29 heavy (non-hydrogen) atoms. The van der Waals surface area contributed by atoms with Crippen LogP contribution in [0.5, 0.6) is 0 Å². The van der Waals surface area contributed by atoms with Gasteiger partial charge in [0.05, 0.1) is 7.11 Å². The van der Waals surface area contributed by atoms with Crippen LogP contribution in [0.1, 0.15) is 24.1 Å². The molecule has 0 N–H and O–H groups in total. The molecule has 1 aliphatic heterocycles. The van der Waals surface area contributed by atoms with Gasteiger partial charge in [0, 0.05) is 19.3 Å². The number of aromatic nitrogens is 3. The minimum Gasteiger partial charge on any atom is -0.467 e. The standard InChI is InChI=1S/C19H20N4O5S/c1-13(18(24)28-2)23-19(25)22-10-5-8-16(17(22)20-23)29(26,27)21-11-9-14-6-3-4-7-15(14)12-21/h3-8,10,13H,9,11-12H2,1-2H3/t13-/m1/s1. The summed E-state index contributed by atoms with van der Waals surface area (Å²) in [6.07, 6.45) is 2.04. The molecule has 0 amide bonds. The minimum absolute atomic E-state index is 0.0212. The smallest absolute Gasteiger partial charge is 0.351 e. The van der Waals surface area contributed by atoms with Gasteiger partial charge in [0.1, 0.15) is 4.90 Å². The van der Waals surface area contributed by atoms with E-state index in [1.165, 1.54) is 36.7 Å². The minimum atomic E-state index is -3.90. The predicted molar refractivity (Wildman–Crippen MR) is 104 cm³/mol. The van der Waals surface area contributed by atoms with Crippen molar-refractivity contribution in [3.05, 3.63) is 64.2 Å². The summed E-state index contributed by atoms with van der Waals surface area (Å²) in [4.78, 5) is 24.4. The van der Waals surface area contributed by atoms with Crippen molar-refractivity contribution in [3.8, 4) is 0 Å². The Balaban J connectivity index is 1.80. The first-order chi connectivity index (χ1) is 13.8. The van der Waals surface area contributed by atoms with E-state index in [1.54, 1.807) is 0 Å². The van der Waals surface area contributed by atoms with Gasteiger partial charge >= 0.3 is 11.7 Å². The first-order valence-corrected chi connectivity index (χ1v) is 10.5.